The molecule has 104 valence electrons. The van der Waals surface area contributed by atoms with Crippen LogP contribution < -0.4 is 5.32 Å². The summed E-state index contributed by atoms with van der Waals surface area (Å²) in [6.07, 6.45) is 13.2. The second-order valence-corrected chi connectivity index (χ2v) is 5.72. The summed E-state index contributed by atoms with van der Waals surface area (Å²) in [4.78, 5) is 0. The molecule has 1 aliphatic carbocycles. The molecule has 0 aromatic heterocycles. The second kappa shape index (κ2) is 7.96. The van der Waals surface area contributed by atoms with Crippen LogP contribution in [0.1, 0.15) is 58.3 Å². The van der Waals surface area contributed by atoms with Crippen LogP contribution in [0.5, 0.6) is 0 Å². The third-order valence-electron chi connectivity index (χ3n) is 4.39. The molecule has 1 saturated heterocycles. The van der Waals surface area contributed by atoms with Crippen LogP contribution in [-0.4, -0.2) is 25.8 Å². The van der Waals surface area contributed by atoms with E-state index in [9.17, 15) is 0 Å². The molecule has 2 nitrogen and oxygen atoms in total. The number of rotatable bonds is 4. The summed E-state index contributed by atoms with van der Waals surface area (Å²) >= 11 is 0. The Bertz CT molecular complexity index is 256. The Kier molecular flexibility index (Phi) is 6.22. The third-order valence-corrected chi connectivity index (χ3v) is 4.39. The first-order chi connectivity index (χ1) is 8.92. The van der Waals surface area contributed by atoms with E-state index < -0.39 is 0 Å². The molecule has 1 N–H and O–H groups in total. The normalized spacial score (nSPS) is 25.1. The minimum absolute atomic E-state index is 0.622. The van der Waals surface area contributed by atoms with Gasteiger partial charge >= 0.3 is 0 Å². The monoisotopic (exact) mass is 251 g/mol. The van der Waals surface area contributed by atoms with E-state index in [1.807, 2.05) is 0 Å². The van der Waals surface area contributed by atoms with Crippen LogP contribution in [0.4, 0.5) is 0 Å². The van der Waals surface area contributed by atoms with Crippen LogP contribution in [-0.2, 0) is 4.74 Å². The molecule has 0 saturated carbocycles. The van der Waals surface area contributed by atoms with Gasteiger partial charge in [-0.25, -0.2) is 0 Å². The van der Waals surface area contributed by atoms with Crippen molar-refractivity contribution < 1.29 is 4.74 Å². The summed E-state index contributed by atoms with van der Waals surface area (Å²) in [6.45, 7) is 5.23. The zero-order valence-electron chi connectivity index (χ0n) is 11.9. The smallest absolute Gasteiger partial charge is 0.0469 e. The molecule has 2 aliphatic rings. The highest BCUT2D eigenvalue weighted by Crippen LogP contribution is 2.28. The van der Waals surface area contributed by atoms with Crippen molar-refractivity contribution >= 4 is 0 Å². The van der Waals surface area contributed by atoms with Gasteiger partial charge in [0.05, 0.1) is 0 Å². The molecular formula is C16H29NO. The molecule has 1 atom stereocenters. The highest BCUT2D eigenvalue weighted by atomic mass is 16.5. The largest absolute Gasteiger partial charge is 0.381 e. The van der Waals surface area contributed by atoms with Gasteiger partial charge in [-0.15, -0.1) is 0 Å². The van der Waals surface area contributed by atoms with E-state index in [-0.39, 0.29) is 0 Å². The predicted octanol–water partition coefficient (Wildman–Crippen LogP) is 3.67. The summed E-state index contributed by atoms with van der Waals surface area (Å²) in [5.41, 5.74) is 1.70. The molecule has 1 unspecified atom stereocenters. The zero-order chi connectivity index (χ0) is 12.6. The van der Waals surface area contributed by atoms with Crippen molar-refractivity contribution in [3.05, 3.63) is 11.6 Å². The number of ether oxygens (including phenoxy) is 1. The molecule has 2 rings (SSSR count). The van der Waals surface area contributed by atoms with E-state index in [2.05, 4.69) is 18.3 Å². The minimum Gasteiger partial charge on any atom is -0.381 e. The second-order valence-electron chi connectivity index (χ2n) is 5.72. The van der Waals surface area contributed by atoms with E-state index >= 15 is 0 Å². The Morgan fingerprint density at radius 3 is 2.78 bits per heavy atom. The maximum atomic E-state index is 5.51. The zero-order valence-corrected chi connectivity index (χ0v) is 11.9. The standard InChI is InChI=1S/C16H29NO/c1-2-17-16(15-10-12-18-13-11-15)14-8-6-4-3-5-7-9-14/h8,15-17H,2-7,9-13H2,1H3. The molecule has 2 heteroatoms. The Labute approximate surface area is 112 Å². The Morgan fingerprint density at radius 2 is 2.00 bits per heavy atom. The third kappa shape index (κ3) is 4.10. The lowest BCUT2D eigenvalue weighted by molar-refractivity contribution is 0.0577. The van der Waals surface area contributed by atoms with Gasteiger partial charge in [0.25, 0.3) is 0 Å². The van der Waals surface area contributed by atoms with Gasteiger partial charge in [-0.2, -0.15) is 0 Å². The molecule has 1 heterocycles. The predicted molar refractivity (Wildman–Crippen MR) is 76.8 cm³/mol. The summed E-state index contributed by atoms with van der Waals surface area (Å²) < 4.78 is 5.51. The molecule has 0 radical (unpaired) electrons. The van der Waals surface area contributed by atoms with Crippen LogP contribution in [0, 0.1) is 5.92 Å². The first-order valence-electron chi connectivity index (χ1n) is 7.92. The fourth-order valence-corrected chi connectivity index (χ4v) is 3.37. The summed E-state index contributed by atoms with van der Waals surface area (Å²) in [6, 6.07) is 0.622. The van der Waals surface area contributed by atoms with Crippen molar-refractivity contribution in [2.45, 2.75) is 64.3 Å². The number of nitrogens with one attached hydrogen (secondary N) is 1. The lowest BCUT2D eigenvalue weighted by Crippen LogP contribution is -2.40. The molecule has 18 heavy (non-hydrogen) atoms. The fourth-order valence-electron chi connectivity index (χ4n) is 3.37. The van der Waals surface area contributed by atoms with Gasteiger partial charge in [0.1, 0.15) is 0 Å². The average Bonchev–Trinajstić information content (AvgIpc) is 2.38. The first-order valence-corrected chi connectivity index (χ1v) is 7.92. The van der Waals surface area contributed by atoms with E-state index in [1.165, 1.54) is 51.4 Å². The highest BCUT2D eigenvalue weighted by molar-refractivity contribution is 5.13. The lowest BCUT2D eigenvalue weighted by Gasteiger charge is -2.33. The minimum atomic E-state index is 0.622. The number of likely N-dealkylation sites (N-methyl/N-ethyl adjacent to an activating group) is 1. The molecular weight excluding hydrogens is 222 g/mol. The maximum Gasteiger partial charge on any atom is 0.0469 e. The van der Waals surface area contributed by atoms with Crippen LogP contribution >= 0.6 is 0 Å². The van der Waals surface area contributed by atoms with Crippen molar-refractivity contribution in [1.29, 1.82) is 0 Å². The fraction of sp³-hybridized carbons (Fsp3) is 0.875. The molecule has 0 aromatic carbocycles. The molecule has 0 aromatic rings. The molecule has 1 fully saturated rings. The van der Waals surface area contributed by atoms with Crippen LogP contribution in [0.2, 0.25) is 0 Å². The number of hydrogen-bond donors (Lipinski definition) is 1. The topological polar surface area (TPSA) is 21.3 Å². The van der Waals surface area contributed by atoms with Gasteiger partial charge in [0, 0.05) is 19.3 Å². The molecule has 0 bridgehead atoms. The van der Waals surface area contributed by atoms with Crippen LogP contribution in [0.3, 0.4) is 0 Å². The van der Waals surface area contributed by atoms with Crippen molar-refractivity contribution in [3.63, 3.8) is 0 Å². The average molecular weight is 251 g/mol. The SMILES string of the molecule is CCNC(C1=CCCCCCC1)C1CCOCC1. The van der Waals surface area contributed by atoms with Crippen molar-refractivity contribution in [2.75, 3.05) is 19.8 Å². The van der Waals surface area contributed by atoms with Gasteiger partial charge in [-0.05, 0) is 51.0 Å². The van der Waals surface area contributed by atoms with Crippen LogP contribution in [0.15, 0.2) is 11.6 Å². The quantitative estimate of drug-likeness (QED) is 0.770. The summed E-state index contributed by atoms with van der Waals surface area (Å²) in [5.74, 6) is 0.796. The summed E-state index contributed by atoms with van der Waals surface area (Å²) in [5, 5.41) is 3.75. The number of allylic oxidation sites excluding steroid dienone is 1. The molecule has 0 spiro atoms. The summed E-state index contributed by atoms with van der Waals surface area (Å²) in [7, 11) is 0. The van der Waals surface area contributed by atoms with Gasteiger partial charge in [0.15, 0.2) is 0 Å². The number of hydrogen-bond acceptors (Lipinski definition) is 2. The van der Waals surface area contributed by atoms with E-state index in [1.54, 1.807) is 5.57 Å². The van der Waals surface area contributed by atoms with Crippen molar-refractivity contribution in [3.8, 4) is 0 Å². The van der Waals surface area contributed by atoms with Gasteiger partial charge < -0.3 is 10.1 Å². The van der Waals surface area contributed by atoms with Crippen molar-refractivity contribution in [1.82, 2.24) is 5.32 Å². The van der Waals surface area contributed by atoms with Crippen LogP contribution in [0.25, 0.3) is 0 Å². The van der Waals surface area contributed by atoms with Gasteiger partial charge in [-0.3, -0.25) is 0 Å². The highest BCUT2D eigenvalue weighted by Gasteiger charge is 2.26. The Morgan fingerprint density at radius 1 is 1.22 bits per heavy atom. The van der Waals surface area contributed by atoms with E-state index in [4.69, 9.17) is 4.74 Å². The van der Waals surface area contributed by atoms with Gasteiger partial charge in [-0.1, -0.05) is 31.4 Å². The molecule has 1 aliphatic heterocycles. The first kappa shape index (κ1) is 14.1. The maximum absolute atomic E-state index is 5.51. The van der Waals surface area contributed by atoms with E-state index in [0.29, 0.717) is 6.04 Å². The lowest BCUT2D eigenvalue weighted by atomic mass is 9.83. The molecule has 0 amide bonds. The Balaban J connectivity index is 2.01. The van der Waals surface area contributed by atoms with Gasteiger partial charge in [0.2, 0.25) is 0 Å². The van der Waals surface area contributed by atoms with Crippen molar-refractivity contribution in [2.24, 2.45) is 5.92 Å². The Hall–Kier alpha value is -0.340. The van der Waals surface area contributed by atoms with E-state index in [0.717, 1.165) is 25.7 Å².